The van der Waals surface area contributed by atoms with Crippen LogP contribution in [0.5, 0.6) is 0 Å². The molecular weight excluding hydrogens is 334 g/mol. The van der Waals surface area contributed by atoms with Gasteiger partial charge in [0.25, 0.3) is 0 Å². The molecule has 0 spiro atoms. The summed E-state index contributed by atoms with van der Waals surface area (Å²) in [6, 6.07) is 9.29. The number of pyridine rings is 2. The van der Waals surface area contributed by atoms with Crippen LogP contribution in [0.2, 0.25) is 0 Å². The van der Waals surface area contributed by atoms with Crippen LogP contribution in [0.4, 0.5) is 0 Å². The van der Waals surface area contributed by atoms with E-state index in [9.17, 15) is 0 Å². The van der Waals surface area contributed by atoms with Crippen LogP contribution < -0.4 is 11.1 Å². The van der Waals surface area contributed by atoms with Crippen molar-refractivity contribution < 1.29 is 0 Å². The average molecular weight is 364 g/mol. The van der Waals surface area contributed by atoms with Crippen LogP contribution in [0.3, 0.4) is 0 Å². The third kappa shape index (κ3) is 4.26. The maximum atomic E-state index is 5.67. The summed E-state index contributed by atoms with van der Waals surface area (Å²) in [4.78, 5) is 11.9. The number of rotatable bonds is 6. The van der Waals surface area contributed by atoms with Crippen molar-refractivity contribution in [2.75, 3.05) is 19.6 Å². The maximum absolute atomic E-state index is 5.67. The Morgan fingerprint density at radius 2 is 2.00 bits per heavy atom. The molecule has 1 aliphatic heterocycles. The predicted octanol–water partition coefficient (Wildman–Crippen LogP) is 2.39. The number of hydrogen-bond donors (Lipinski definition) is 2. The first kappa shape index (κ1) is 18.3. The summed E-state index contributed by atoms with van der Waals surface area (Å²) in [6.07, 6.45) is 12.6. The van der Waals surface area contributed by atoms with Crippen molar-refractivity contribution >= 4 is 0 Å². The van der Waals surface area contributed by atoms with Crippen molar-refractivity contribution in [2.45, 2.75) is 44.3 Å². The van der Waals surface area contributed by atoms with E-state index in [1.807, 2.05) is 18.5 Å². The Kier molecular flexibility index (Phi) is 5.92. The summed E-state index contributed by atoms with van der Waals surface area (Å²) in [5, 5.41) is 3.71. The molecule has 3 N–H and O–H groups in total. The van der Waals surface area contributed by atoms with Gasteiger partial charge in [0, 0.05) is 56.7 Å². The van der Waals surface area contributed by atoms with E-state index in [4.69, 9.17) is 10.7 Å². The van der Waals surface area contributed by atoms with Crippen LogP contribution >= 0.6 is 0 Å². The first-order valence-electron chi connectivity index (χ1n) is 10.0. The fraction of sp³-hybridized carbons (Fsp3) is 0.455. The molecule has 3 heterocycles. The zero-order valence-corrected chi connectivity index (χ0v) is 15.8. The predicted molar refractivity (Wildman–Crippen MR) is 108 cm³/mol. The Bertz CT molecular complexity index is 788. The van der Waals surface area contributed by atoms with Crippen molar-refractivity contribution in [3.8, 4) is 0 Å². The standard InChI is InChI=1S/C22H29N5/c23-10-1-2-13-27(21-9-3-6-17-7-4-12-25-22(17)21)16-19-14-20-18(15-26-19)8-5-11-24-20/h1-2,4-5,7-8,11-12,19,21,26H,3,6,9-10,13-16,23H2/b2-1+/t19?,21-/m0/s1. The van der Waals surface area contributed by atoms with Crippen LogP contribution in [0.1, 0.15) is 41.4 Å². The number of fused-ring (bicyclic) bond motifs is 2. The zero-order valence-electron chi connectivity index (χ0n) is 15.8. The Morgan fingerprint density at radius 3 is 2.89 bits per heavy atom. The van der Waals surface area contributed by atoms with Crippen LogP contribution in [0, 0.1) is 0 Å². The number of nitrogens with zero attached hydrogens (tertiary/aromatic N) is 3. The van der Waals surface area contributed by atoms with Gasteiger partial charge in [0.05, 0.1) is 11.7 Å². The second kappa shape index (κ2) is 8.74. The molecule has 0 radical (unpaired) electrons. The molecule has 1 unspecified atom stereocenters. The van der Waals surface area contributed by atoms with E-state index in [1.54, 1.807) is 0 Å². The van der Waals surface area contributed by atoms with Gasteiger partial charge in [-0.2, -0.15) is 0 Å². The lowest BCUT2D eigenvalue weighted by Crippen LogP contribution is -2.46. The lowest BCUT2D eigenvalue weighted by atomic mass is 9.90. The first-order chi connectivity index (χ1) is 13.3. The van der Waals surface area contributed by atoms with Gasteiger partial charge >= 0.3 is 0 Å². The monoisotopic (exact) mass is 363 g/mol. The molecule has 2 atom stereocenters. The largest absolute Gasteiger partial charge is 0.327 e. The number of nitrogens with one attached hydrogen (secondary N) is 1. The van der Waals surface area contributed by atoms with E-state index in [0.29, 0.717) is 18.6 Å². The van der Waals surface area contributed by atoms with Gasteiger partial charge in [-0.3, -0.25) is 14.9 Å². The third-order valence-corrected chi connectivity index (χ3v) is 5.71. The highest BCUT2D eigenvalue weighted by atomic mass is 15.2. The van der Waals surface area contributed by atoms with Crippen LogP contribution in [-0.4, -0.2) is 40.5 Å². The first-order valence-corrected chi connectivity index (χ1v) is 10.0. The van der Waals surface area contributed by atoms with Gasteiger partial charge in [-0.1, -0.05) is 24.3 Å². The molecule has 1 aliphatic carbocycles. The molecule has 27 heavy (non-hydrogen) atoms. The minimum Gasteiger partial charge on any atom is -0.327 e. The van der Waals surface area contributed by atoms with E-state index in [1.165, 1.54) is 35.4 Å². The zero-order chi connectivity index (χ0) is 18.5. The molecule has 2 aromatic heterocycles. The van der Waals surface area contributed by atoms with Gasteiger partial charge < -0.3 is 11.1 Å². The summed E-state index contributed by atoms with van der Waals surface area (Å²) in [5.74, 6) is 0. The molecule has 0 saturated carbocycles. The second-order valence-corrected chi connectivity index (χ2v) is 7.51. The summed E-state index contributed by atoms with van der Waals surface area (Å²) in [7, 11) is 0. The molecule has 5 nitrogen and oxygen atoms in total. The highest BCUT2D eigenvalue weighted by Crippen LogP contribution is 2.33. The second-order valence-electron chi connectivity index (χ2n) is 7.51. The van der Waals surface area contributed by atoms with E-state index >= 15 is 0 Å². The molecule has 0 amide bonds. The summed E-state index contributed by atoms with van der Waals surface area (Å²) >= 11 is 0. The van der Waals surface area contributed by atoms with Gasteiger partial charge in [-0.25, -0.2) is 0 Å². The summed E-state index contributed by atoms with van der Waals surface area (Å²) < 4.78 is 0. The fourth-order valence-electron chi connectivity index (χ4n) is 4.36. The highest BCUT2D eigenvalue weighted by Gasteiger charge is 2.29. The average Bonchev–Trinajstić information content (AvgIpc) is 2.73. The summed E-state index contributed by atoms with van der Waals surface area (Å²) in [5.41, 5.74) is 10.9. The van der Waals surface area contributed by atoms with E-state index < -0.39 is 0 Å². The third-order valence-electron chi connectivity index (χ3n) is 5.71. The molecule has 5 heteroatoms. The van der Waals surface area contributed by atoms with Gasteiger partial charge in [0.2, 0.25) is 0 Å². The molecule has 0 aromatic carbocycles. The highest BCUT2D eigenvalue weighted by molar-refractivity contribution is 5.26. The van der Waals surface area contributed by atoms with Crippen molar-refractivity contribution in [2.24, 2.45) is 5.73 Å². The SMILES string of the molecule is NC/C=C/CN(CC1Cc2ncccc2CN1)[C@H]1CCCc2cccnc21. The minimum atomic E-state index is 0.379. The number of hydrogen-bond acceptors (Lipinski definition) is 5. The van der Waals surface area contributed by atoms with Gasteiger partial charge in [0.15, 0.2) is 0 Å². The molecule has 2 aromatic rings. The Balaban J connectivity index is 1.53. The molecule has 4 rings (SSSR count). The molecule has 0 bridgehead atoms. The topological polar surface area (TPSA) is 67.1 Å². The Hall–Kier alpha value is -2.08. The molecule has 142 valence electrons. The smallest absolute Gasteiger partial charge is 0.0607 e. The van der Waals surface area contributed by atoms with E-state index in [0.717, 1.165) is 32.5 Å². The molecule has 0 saturated heterocycles. The van der Waals surface area contributed by atoms with Crippen LogP contribution in [0.15, 0.2) is 48.8 Å². The van der Waals surface area contributed by atoms with E-state index in [-0.39, 0.29) is 0 Å². The van der Waals surface area contributed by atoms with Crippen LogP contribution in [0.25, 0.3) is 0 Å². The summed E-state index contributed by atoms with van der Waals surface area (Å²) in [6.45, 7) is 3.39. The van der Waals surface area contributed by atoms with Crippen molar-refractivity contribution in [3.63, 3.8) is 0 Å². The Morgan fingerprint density at radius 1 is 1.15 bits per heavy atom. The molecular formula is C22H29N5. The van der Waals surface area contributed by atoms with Crippen molar-refractivity contribution in [3.05, 3.63) is 71.3 Å². The lowest BCUT2D eigenvalue weighted by molar-refractivity contribution is 0.170. The molecule has 2 aliphatic rings. The van der Waals surface area contributed by atoms with E-state index in [2.05, 4.69) is 45.6 Å². The van der Waals surface area contributed by atoms with Gasteiger partial charge in [-0.15, -0.1) is 0 Å². The number of aryl methyl sites for hydroxylation is 1. The quantitative estimate of drug-likeness (QED) is 0.772. The normalized spacial score (nSPS) is 22.0. The van der Waals surface area contributed by atoms with Gasteiger partial charge in [0.1, 0.15) is 0 Å². The van der Waals surface area contributed by atoms with Crippen molar-refractivity contribution in [1.82, 2.24) is 20.2 Å². The minimum absolute atomic E-state index is 0.379. The fourth-order valence-corrected chi connectivity index (χ4v) is 4.36. The van der Waals surface area contributed by atoms with Crippen molar-refractivity contribution in [1.29, 1.82) is 0 Å². The molecule has 0 fully saturated rings. The van der Waals surface area contributed by atoms with Gasteiger partial charge in [-0.05, 0) is 42.5 Å². The van der Waals surface area contributed by atoms with Crippen LogP contribution in [-0.2, 0) is 19.4 Å². The number of nitrogens with two attached hydrogens (primary N) is 1. The Labute approximate surface area is 161 Å². The number of aromatic nitrogens is 2. The maximum Gasteiger partial charge on any atom is 0.0607 e. The lowest BCUT2D eigenvalue weighted by Gasteiger charge is -2.37.